The van der Waals surface area contributed by atoms with Crippen LogP contribution in [0.5, 0.6) is 0 Å². The molecule has 0 saturated heterocycles. The highest BCUT2D eigenvalue weighted by molar-refractivity contribution is 4.86. The minimum atomic E-state index is -0.0282. The van der Waals surface area contributed by atoms with Crippen molar-refractivity contribution < 1.29 is 5.11 Å². The number of hydrogen-bond acceptors (Lipinski definition) is 2. The molecule has 0 spiro atoms. The number of rotatable bonds is 9. The molecule has 0 heterocycles. The molecule has 2 heteroatoms. The van der Waals surface area contributed by atoms with Crippen LogP contribution in [0.3, 0.4) is 0 Å². The van der Waals surface area contributed by atoms with Crippen LogP contribution in [0.25, 0.3) is 0 Å². The largest absolute Gasteiger partial charge is 0.393 e. The first-order valence-corrected chi connectivity index (χ1v) is 7.20. The van der Waals surface area contributed by atoms with Gasteiger partial charge in [0.2, 0.25) is 0 Å². The molecule has 1 unspecified atom stereocenters. The third-order valence-corrected chi connectivity index (χ3v) is 3.73. The molecule has 0 aromatic heterocycles. The van der Waals surface area contributed by atoms with Gasteiger partial charge in [-0.1, -0.05) is 46.0 Å². The van der Waals surface area contributed by atoms with E-state index in [0.717, 1.165) is 12.8 Å². The number of aliphatic hydroxyl groups excluding tert-OH is 1. The van der Waals surface area contributed by atoms with Crippen molar-refractivity contribution in [3.63, 3.8) is 0 Å². The van der Waals surface area contributed by atoms with E-state index in [-0.39, 0.29) is 6.10 Å². The summed E-state index contributed by atoms with van der Waals surface area (Å²) >= 11 is 0. The van der Waals surface area contributed by atoms with Gasteiger partial charge in [-0.2, -0.15) is 0 Å². The Kier molecular flexibility index (Phi) is 7.06. The van der Waals surface area contributed by atoms with Crippen LogP contribution < -0.4 is 5.32 Å². The zero-order valence-corrected chi connectivity index (χ0v) is 11.0. The van der Waals surface area contributed by atoms with Crippen molar-refractivity contribution in [1.82, 2.24) is 5.32 Å². The van der Waals surface area contributed by atoms with Crippen LogP contribution in [0, 0.1) is 0 Å². The molecule has 1 atom stereocenters. The Morgan fingerprint density at radius 2 is 1.81 bits per heavy atom. The van der Waals surface area contributed by atoms with Gasteiger partial charge in [-0.3, -0.25) is 0 Å². The van der Waals surface area contributed by atoms with Crippen molar-refractivity contribution in [2.75, 3.05) is 0 Å². The van der Waals surface area contributed by atoms with E-state index in [2.05, 4.69) is 19.2 Å². The van der Waals surface area contributed by atoms with Gasteiger partial charge in [-0.15, -0.1) is 0 Å². The summed E-state index contributed by atoms with van der Waals surface area (Å²) in [5, 5.41) is 12.9. The van der Waals surface area contributed by atoms with Crippen LogP contribution in [0.4, 0.5) is 0 Å². The summed E-state index contributed by atoms with van der Waals surface area (Å²) in [6.07, 6.45) is 11.3. The lowest BCUT2D eigenvalue weighted by Crippen LogP contribution is -2.48. The zero-order chi connectivity index (χ0) is 11.8. The van der Waals surface area contributed by atoms with E-state index in [4.69, 9.17) is 0 Å². The first kappa shape index (κ1) is 14.0. The lowest BCUT2D eigenvalue weighted by Gasteiger charge is -2.35. The van der Waals surface area contributed by atoms with Gasteiger partial charge in [0.25, 0.3) is 0 Å². The highest BCUT2D eigenvalue weighted by Crippen LogP contribution is 2.21. The second-order valence-corrected chi connectivity index (χ2v) is 5.30. The maximum Gasteiger partial charge on any atom is 0.0570 e. The van der Waals surface area contributed by atoms with Crippen LogP contribution in [0.2, 0.25) is 0 Å². The molecule has 1 fully saturated rings. The molecular formula is C14H29NO. The molecule has 16 heavy (non-hydrogen) atoms. The zero-order valence-electron chi connectivity index (χ0n) is 11.0. The molecular weight excluding hydrogens is 198 g/mol. The van der Waals surface area contributed by atoms with Crippen LogP contribution in [0.1, 0.15) is 71.6 Å². The first-order chi connectivity index (χ1) is 7.76. The van der Waals surface area contributed by atoms with Crippen molar-refractivity contribution in [3.8, 4) is 0 Å². The lowest BCUT2D eigenvalue weighted by atomic mass is 9.88. The second kappa shape index (κ2) is 8.08. The Morgan fingerprint density at radius 1 is 1.12 bits per heavy atom. The minimum Gasteiger partial charge on any atom is -0.393 e. The summed E-state index contributed by atoms with van der Waals surface area (Å²) in [5.41, 5.74) is 0. The topological polar surface area (TPSA) is 32.3 Å². The minimum absolute atomic E-state index is 0.0282. The molecule has 0 amide bonds. The van der Waals surface area contributed by atoms with Crippen molar-refractivity contribution in [2.24, 2.45) is 0 Å². The van der Waals surface area contributed by atoms with Crippen molar-refractivity contribution in [1.29, 1.82) is 0 Å². The number of nitrogens with one attached hydrogen (secondary N) is 1. The molecule has 0 radical (unpaired) electrons. The van der Waals surface area contributed by atoms with Gasteiger partial charge in [0.15, 0.2) is 0 Å². The Hall–Kier alpha value is -0.0800. The number of aliphatic hydroxyl groups is 1. The van der Waals surface area contributed by atoms with Gasteiger partial charge in [0, 0.05) is 12.1 Å². The Morgan fingerprint density at radius 3 is 2.38 bits per heavy atom. The predicted octanol–water partition coefficient (Wildman–Crippen LogP) is 3.24. The summed E-state index contributed by atoms with van der Waals surface area (Å²) in [6.45, 7) is 4.52. The van der Waals surface area contributed by atoms with E-state index in [1.54, 1.807) is 0 Å². The van der Waals surface area contributed by atoms with Gasteiger partial charge < -0.3 is 10.4 Å². The quantitative estimate of drug-likeness (QED) is 0.593. The fourth-order valence-electron chi connectivity index (χ4n) is 2.46. The normalized spacial score (nSPS) is 26.4. The average molecular weight is 227 g/mol. The second-order valence-electron chi connectivity index (χ2n) is 5.30. The van der Waals surface area contributed by atoms with Gasteiger partial charge >= 0.3 is 0 Å². The lowest BCUT2D eigenvalue weighted by molar-refractivity contribution is 0.0568. The standard InChI is InChI=1S/C14H29NO/c1-3-5-6-7-8-9-12(4-2)15-13-10-14(16)11-13/h12-16H,3-11H2,1-2H3. The third-order valence-electron chi connectivity index (χ3n) is 3.73. The summed E-state index contributed by atoms with van der Waals surface area (Å²) in [7, 11) is 0. The maximum absolute atomic E-state index is 9.24. The van der Waals surface area contributed by atoms with Gasteiger partial charge in [-0.05, 0) is 25.7 Å². The summed E-state index contributed by atoms with van der Waals surface area (Å²) in [4.78, 5) is 0. The highest BCUT2D eigenvalue weighted by Gasteiger charge is 2.28. The molecule has 96 valence electrons. The number of hydrogen-bond donors (Lipinski definition) is 2. The molecule has 0 aliphatic heterocycles. The molecule has 1 saturated carbocycles. The van der Waals surface area contributed by atoms with Gasteiger partial charge in [0.1, 0.15) is 0 Å². The molecule has 2 nitrogen and oxygen atoms in total. The molecule has 0 aromatic carbocycles. The third kappa shape index (κ3) is 5.31. The fraction of sp³-hybridized carbons (Fsp3) is 1.00. The average Bonchev–Trinajstić information content (AvgIpc) is 2.24. The SMILES string of the molecule is CCCCCCCC(CC)NC1CC(O)C1. The maximum atomic E-state index is 9.24. The van der Waals surface area contributed by atoms with Crippen molar-refractivity contribution in [3.05, 3.63) is 0 Å². The van der Waals surface area contributed by atoms with Crippen LogP contribution in [-0.4, -0.2) is 23.3 Å². The summed E-state index contributed by atoms with van der Waals surface area (Å²) < 4.78 is 0. The monoisotopic (exact) mass is 227 g/mol. The van der Waals surface area contributed by atoms with Crippen molar-refractivity contribution >= 4 is 0 Å². The first-order valence-electron chi connectivity index (χ1n) is 7.20. The van der Waals surface area contributed by atoms with Gasteiger partial charge in [0.05, 0.1) is 6.10 Å². The summed E-state index contributed by atoms with van der Waals surface area (Å²) in [6, 6.07) is 1.27. The van der Waals surface area contributed by atoms with E-state index in [1.807, 2.05) is 0 Å². The molecule has 1 aliphatic carbocycles. The summed E-state index contributed by atoms with van der Waals surface area (Å²) in [5.74, 6) is 0. The Bertz CT molecular complexity index is 166. The molecule has 2 N–H and O–H groups in total. The van der Waals surface area contributed by atoms with E-state index >= 15 is 0 Å². The fourth-order valence-corrected chi connectivity index (χ4v) is 2.46. The molecule has 1 aliphatic rings. The van der Waals surface area contributed by atoms with E-state index in [1.165, 1.54) is 44.9 Å². The molecule has 0 bridgehead atoms. The van der Waals surface area contributed by atoms with Gasteiger partial charge in [-0.25, -0.2) is 0 Å². The predicted molar refractivity (Wildman–Crippen MR) is 69.6 cm³/mol. The number of unbranched alkanes of at least 4 members (excludes halogenated alkanes) is 4. The van der Waals surface area contributed by atoms with E-state index < -0.39 is 0 Å². The Labute approximate surface area is 101 Å². The molecule has 1 rings (SSSR count). The van der Waals surface area contributed by atoms with E-state index in [9.17, 15) is 5.11 Å². The molecule has 0 aromatic rings. The van der Waals surface area contributed by atoms with Crippen LogP contribution in [-0.2, 0) is 0 Å². The smallest absolute Gasteiger partial charge is 0.0570 e. The van der Waals surface area contributed by atoms with Crippen LogP contribution in [0.15, 0.2) is 0 Å². The highest BCUT2D eigenvalue weighted by atomic mass is 16.3. The van der Waals surface area contributed by atoms with Crippen LogP contribution >= 0.6 is 0 Å². The van der Waals surface area contributed by atoms with Crippen molar-refractivity contribution in [2.45, 2.75) is 89.8 Å². The Balaban J connectivity index is 1.98. The van der Waals surface area contributed by atoms with E-state index in [0.29, 0.717) is 12.1 Å².